The molecule has 4 heteroatoms. The first-order valence-corrected chi connectivity index (χ1v) is 12.3. The Labute approximate surface area is 190 Å². The van der Waals surface area contributed by atoms with Crippen LogP contribution in [-0.2, 0) is 9.53 Å². The average molecular weight is 432 g/mol. The third kappa shape index (κ3) is 7.24. The average Bonchev–Trinajstić information content (AvgIpc) is 2.74. The first-order chi connectivity index (χ1) is 14.6. The van der Waals surface area contributed by atoms with Crippen LogP contribution >= 0.6 is 0 Å². The minimum absolute atomic E-state index is 0.0500. The molecule has 0 aliphatic heterocycles. The van der Waals surface area contributed by atoms with E-state index >= 15 is 0 Å². The maximum Gasteiger partial charge on any atom is 0.344 e. The molecule has 1 saturated carbocycles. The van der Waals surface area contributed by atoms with Gasteiger partial charge in [0.1, 0.15) is 11.4 Å². The van der Waals surface area contributed by atoms with E-state index in [9.17, 15) is 4.79 Å². The molecule has 0 aromatic heterocycles. The number of benzene rings is 1. The van der Waals surface area contributed by atoms with Gasteiger partial charge >= 0.3 is 5.97 Å². The fourth-order valence-electron chi connectivity index (χ4n) is 5.22. The second-order valence-corrected chi connectivity index (χ2v) is 10.4. The lowest BCUT2D eigenvalue weighted by atomic mass is 9.74. The van der Waals surface area contributed by atoms with Crippen LogP contribution in [0.2, 0.25) is 0 Å². The van der Waals surface area contributed by atoms with Crippen LogP contribution in [0, 0.1) is 11.8 Å². The van der Waals surface area contributed by atoms with Crippen molar-refractivity contribution in [3.63, 3.8) is 0 Å². The molecule has 0 saturated heterocycles. The molecular formula is C27H45NO3. The van der Waals surface area contributed by atoms with E-state index in [1.54, 1.807) is 0 Å². The molecule has 176 valence electrons. The number of esters is 1. The Morgan fingerprint density at radius 3 is 2.13 bits per heavy atom. The van der Waals surface area contributed by atoms with Gasteiger partial charge < -0.3 is 15.2 Å². The van der Waals surface area contributed by atoms with Gasteiger partial charge in [-0.15, -0.1) is 0 Å². The van der Waals surface area contributed by atoms with Gasteiger partial charge in [-0.1, -0.05) is 59.1 Å². The van der Waals surface area contributed by atoms with E-state index in [1.165, 1.54) is 24.8 Å². The van der Waals surface area contributed by atoms with Crippen LogP contribution in [-0.4, -0.2) is 23.7 Å². The molecule has 0 radical (unpaired) electrons. The van der Waals surface area contributed by atoms with Crippen molar-refractivity contribution in [3.8, 4) is 5.75 Å². The molecule has 0 spiro atoms. The molecule has 1 aliphatic carbocycles. The summed E-state index contributed by atoms with van der Waals surface area (Å²) in [5.41, 5.74) is 7.02. The Balaban J connectivity index is 1.98. The Bertz CT molecular complexity index is 665. The van der Waals surface area contributed by atoms with Crippen molar-refractivity contribution in [1.82, 2.24) is 0 Å². The van der Waals surface area contributed by atoms with Crippen molar-refractivity contribution in [2.45, 2.75) is 110 Å². The summed E-state index contributed by atoms with van der Waals surface area (Å²) in [4.78, 5) is 12.7. The number of nitrogens with two attached hydrogens (primary N) is 1. The number of hydrogen-bond donors (Lipinski definition) is 1. The van der Waals surface area contributed by atoms with Gasteiger partial charge in [0.2, 0.25) is 0 Å². The Hall–Kier alpha value is -1.55. The van der Waals surface area contributed by atoms with Gasteiger partial charge in [-0.3, -0.25) is 0 Å². The monoisotopic (exact) mass is 431 g/mol. The van der Waals surface area contributed by atoms with Crippen LogP contribution in [0.4, 0.5) is 0 Å². The smallest absolute Gasteiger partial charge is 0.344 e. The van der Waals surface area contributed by atoms with Crippen molar-refractivity contribution in [3.05, 3.63) is 29.8 Å². The number of rotatable bonds is 11. The molecule has 4 nitrogen and oxygen atoms in total. The Morgan fingerprint density at radius 1 is 1.06 bits per heavy atom. The summed E-state index contributed by atoms with van der Waals surface area (Å²) in [5.74, 6) is 1.74. The third-order valence-corrected chi connectivity index (χ3v) is 7.11. The number of carbonyl (C=O) groups is 1. The van der Waals surface area contributed by atoms with Crippen molar-refractivity contribution in [1.29, 1.82) is 0 Å². The largest absolute Gasteiger partial charge is 0.482 e. The predicted molar refractivity (Wildman–Crippen MR) is 128 cm³/mol. The second-order valence-electron chi connectivity index (χ2n) is 10.4. The highest BCUT2D eigenvalue weighted by atomic mass is 16.6. The van der Waals surface area contributed by atoms with Crippen molar-refractivity contribution in [2.75, 3.05) is 6.61 Å². The molecule has 1 aromatic rings. The normalized spacial score (nSPS) is 16.9. The fourth-order valence-corrected chi connectivity index (χ4v) is 5.22. The zero-order valence-corrected chi connectivity index (χ0v) is 20.7. The Kier molecular flexibility index (Phi) is 9.42. The molecule has 0 bridgehead atoms. The van der Waals surface area contributed by atoms with Crippen LogP contribution in [0.15, 0.2) is 24.3 Å². The van der Waals surface area contributed by atoms with E-state index in [1.807, 2.05) is 12.1 Å². The molecule has 2 N–H and O–H groups in total. The summed E-state index contributed by atoms with van der Waals surface area (Å²) < 4.78 is 11.9. The van der Waals surface area contributed by atoms with Gasteiger partial charge in [-0.25, -0.2) is 4.79 Å². The van der Waals surface area contributed by atoms with Gasteiger partial charge in [0.15, 0.2) is 6.61 Å². The van der Waals surface area contributed by atoms with Gasteiger partial charge in [0, 0.05) is 11.5 Å². The number of ether oxygens (including phenoxy) is 2. The molecule has 0 heterocycles. The highest BCUT2D eigenvalue weighted by molar-refractivity contribution is 5.71. The summed E-state index contributed by atoms with van der Waals surface area (Å²) in [7, 11) is 0. The van der Waals surface area contributed by atoms with Crippen molar-refractivity contribution in [2.24, 2.45) is 17.6 Å². The number of carbonyl (C=O) groups excluding carboxylic acids is 1. The summed E-state index contributed by atoms with van der Waals surface area (Å²) >= 11 is 0. The lowest BCUT2D eigenvalue weighted by Crippen LogP contribution is -2.43. The third-order valence-electron chi connectivity index (χ3n) is 7.11. The van der Waals surface area contributed by atoms with Gasteiger partial charge in [-0.05, 0) is 75.5 Å². The maximum atomic E-state index is 12.7. The lowest BCUT2D eigenvalue weighted by Gasteiger charge is -2.41. The van der Waals surface area contributed by atoms with E-state index in [2.05, 4.69) is 53.7 Å². The molecular weight excluding hydrogens is 386 g/mol. The van der Waals surface area contributed by atoms with Gasteiger partial charge in [0.25, 0.3) is 0 Å². The van der Waals surface area contributed by atoms with Crippen LogP contribution in [0.5, 0.6) is 5.75 Å². The van der Waals surface area contributed by atoms with E-state index in [4.69, 9.17) is 15.2 Å². The molecule has 1 atom stereocenters. The van der Waals surface area contributed by atoms with Gasteiger partial charge in [0.05, 0.1) is 0 Å². The first-order valence-electron chi connectivity index (χ1n) is 12.3. The van der Waals surface area contributed by atoms with Crippen molar-refractivity contribution >= 4 is 5.97 Å². The summed E-state index contributed by atoms with van der Waals surface area (Å²) in [6, 6.07) is 8.03. The molecule has 1 fully saturated rings. The lowest BCUT2D eigenvalue weighted by molar-refractivity contribution is -0.172. The SMILES string of the molecule is CCC(CC)(OC(=O)COc1ccc(C(CC(C)C)C(C)(C)N)cc1)C1CCCCC1. The van der Waals surface area contributed by atoms with Gasteiger partial charge in [-0.2, -0.15) is 0 Å². The summed E-state index contributed by atoms with van der Waals surface area (Å²) in [6.45, 7) is 12.8. The minimum Gasteiger partial charge on any atom is -0.482 e. The zero-order valence-electron chi connectivity index (χ0n) is 20.7. The fraction of sp³-hybridized carbons (Fsp3) is 0.741. The highest BCUT2D eigenvalue weighted by Gasteiger charge is 2.39. The molecule has 0 amide bonds. The molecule has 1 aromatic carbocycles. The van der Waals surface area contributed by atoms with Crippen molar-refractivity contribution < 1.29 is 14.3 Å². The van der Waals surface area contributed by atoms with E-state index in [0.717, 1.165) is 32.1 Å². The van der Waals surface area contributed by atoms with Crippen LogP contribution < -0.4 is 10.5 Å². The number of hydrogen-bond acceptors (Lipinski definition) is 4. The summed E-state index contributed by atoms with van der Waals surface area (Å²) in [5, 5.41) is 0. The van der Waals surface area contributed by atoms with E-state index in [0.29, 0.717) is 17.6 Å². The van der Waals surface area contributed by atoms with E-state index in [-0.39, 0.29) is 29.6 Å². The highest BCUT2D eigenvalue weighted by Crippen LogP contribution is 2.39. The summed E-state index contributed by atoms with van der Waals surface area (Å²) in [6.07, 6.45) is 8.86. The second kappa shape index (κ2) is 11.4. The minimum atomic E-state index is -0.346. The zero-order chi connectivity index (χ0) is 23.1. The Morgan fingerprint density at radius 2 is 1.65 bits per heavy atom. The standard InChI is InChI=1S/C27H45NO3/c1-7-27(8-2,22-12-10-9-11-13-22)31-25(29)19-30-23-16-14-21(15-17-23)24(18-20(3)4)26(5,6)28/h14-17,20,22,24H,7-13,18-19,28H2,1-6H3. The van der Waals surface area contributed by atoms with E-state index < -0.39 is 0 Å². The maximum absolute atomic E-state index is 12.7. The molecule has 31 heavy (non-hydrogen) atoms. The predicted octanol–water partition coefficient (Wildman–Crippen LogP) is 6.61. The quantitative estimate of drug-likeness (QED) is 0.400. The topological polar surface area (TPSA) is 61.5 Å². The van der Waals surface area contributed by atoms with Crippen LogP contribution in [0.1, 0.15) is 104 Å². The van der Waals surface area contributed by atoms with Crippen LogP contribution in [0.3, 0.4) is 0 Å². The molecule has 1 aliphatic rings. The van der Waals surface area contributed by atoms with Crippen LogP contribution in [0.25, 0.3) is 0 Å². The molecule has 1 unspecified atom stereocenters. The molecule has 2 rings (SSSR count). The first kappa shape index (κ1) is 25.7.